The number of pyridine rings is 1. The Hall–Kier alpha value is -2.27. The molecule has 1 aromatic carbocycles. The van der Waals surface area contributed by atoms with Crippen molar-refractivity contribution in [3.8, 4) is 11.5 Å². The maximum atomic E-state index is 12.1. The molecule has 0 spiro atoms. The van der Waals surface area contributed by atoms with Crippen LogP contribution in [-0.4, -0.2) is 23.1 Å². The van der Waals surface area contributed by atoms with Gasteiger partial charge in [-0.2, -0.15) is 0 Å². The molecular weight excluding hydrogens is 280 g/mol. The highest BCUT2D eigenvalue weighted by Gasteiger charge is 2.12. The minimum atomic E-state index is -0.395. The highest BCUT2D eigenvalue weighted by molar-refractivity contribution is 6.31. The molecule has 0 saturated heterocycles. The van der Waals surface area contributed by atoms with Gasteiger partial charge in [0.15, 0.2) is 0 Å². The van der Waals surface area contributed by atoms with Gasteiger partial charge in [0.2, 0.25) is 0 Å². The molecule has 0 aliphatic carbocycles. The SMILES string of the molecule is COc1cc(Cl)c(C)cc1NC(=O)c1cncc(O)c1. The second-order valence-corrected chi connectivity index (χ2v) is 4.59. The quantitative estimate of drug-likeness (QED) is 0.912. The van der Waals surface area contributed by atoms with Crippen LogP contribution in [0, 0.1) is 6.92 Å². The summed E-state index contributed by atoms with van der Waals surface area (Å²) in [4.78, 5) is 15.8. The molecule has 104 valence electrons. The number of benzene rings is 1. The summed E-state index contributed by atoms with van der Waals surface area (Å²) < 4.78 is 5.18. The van der Waals surface area contributed by atoms with Crippen LogP contribution in [0.15, 0.2) is 30.6 Å². The zero-order valence-electron chi connectivity index (χ0n) is 11.0. The van der Waals surface area contributed by atoms with Gasteiger partial charge in [-0.1, -0.05) is 11.6 Å². The van der Waals surface area contributed by atoms with E-state index in [4.69, 9.17) is 16.3 Å². The van der Waals surface area contributed by atoms with Crippen molar-refractivity contribution in [2.24, 2.45) is 0 Å². The summed E-state index contributed by atoms with van der Waals surface area (Å²) in [5.41, 5.74) is 1.57. The van der Waals surface area contributed by atoms with Gasteiger partial charge in [0.05, 0.1) is 24.6 Å². The molecular formula is C14H13ClN2O3. The first-order chi connectivity index (χ1) is 9.51. The number of halogens is 1. The van der Waals surface area contributed by atoms with Crippen LogP contribution in [0.3, 0.4) is 0 Å². The standard InChI is InChI=1S/C14H13ClN2O3/c1-8-3-12(13(20-2)5-11(8)15)17-14(19)9-4-10(18)7-16-6-9/h3-7,18H,1-2H3,(H,17,19). The summed E-state index contributed by atoms with van der Waals surface area (Å²) in [5.74, 6) is -0.00705. The molecule has 0 radical (unpaired) electrons. The van der Waals surface area contributed by atoms with Crippen molar-refractivity contribution < 1.29 is 14.6 Å². The van der Waals surface area contributed by atoms with Gasteiger partial charge < -0.3 is 15.2 Å². The molecule has 1 heterocycles. The minimum Gasteiger partial charge on any atom is -0.506 e. The fraction of sp³-hybridized carbons (Fsp3) is 0.143. The summed E-state index contributed by atoms with van der Waals surface area (Å²) in [6.07, 6.45) is 2.62. The molecule has 1 aromatic heterocycles. The van der Waals surface area contributed by atoms with Crippen molar-refractivity contribution in [2.45, 2.75) is 6.92 Å². The van der Waals surface area contributed by atoms with Crippen LogP contribution in [0.5, 0.6) is 11.5 Å². The number of methoxy groups -OCH3 is 1. The average molecular weight is 293 g/mol. The Labute approximate surface area is 121 Å². The molecule has 2 N–H and O–H groups in total. The predicted octanol–water partition coefficient (Wildman–Crippen LogP) is 3.01. The largest absolute Gasteiger partial charge is 0.506 e. The number of nitrogens with zero attached hydrogens (tertiary/aromatic N) is 1. The second-order valence-electron chi connectivity index (χ2n) is 4.19. The number of amides is 1. The summed E-state index contributed by atoms with van der Waals surface area (Å²) in [6.45, 7) is 1.83. The maximum Gasteiger partial charge on any atom is 0.257 e. The number of hydrogen-bond acceptors (Lipinski definition) is 4. The van der Waals surface area contributed by atoms with Crippen LogP contribution in [0.1, 0.15) is 15.9 Å². The number of aromatic hydroxyl groups is 1. The van der Waals surface area contributed by atoms with Crippen LogP contribution in [-0.2, 0) is 0 Å². The lowest BCUT2D eigenvalue weighted by molar-refractivity contribution is 0.102. The fourth-order valence-electron chi connectivity index (χ4n) is 1.68. The number of ether oxygens (including phenoxy) is 1. The lowest BCUT2D eigenvalue weighted by Crippen LogP contribution is -2.13. The van der Waals surface area contributed by atoms with Crippen molar-refractivity contribution in [1.82, 2.24) is 4.98 Å². The lowest BCUT2D eigenvalue weighted by atomic mass is 10.2. The highest BCUT2D eigenvalue weighted by Crippen LogP contribution is 2.31. The number of carbonyl (C=O) groups excluding carboxylic acids is 1. The van der Waals surface area contributed by atoms with Crippen molar-refractivity contribution in [2.75, 3.05) is 12.4 Å². The topological polar surface area (TPSA) is 71.5 Å². The maximum absolute atomic E-state index is 12.1. The Bertz CT molecular complexity index is 659. The summed E-state index contributed by atoms with van der Waals surface area (Å²) in [6, 6.07) is 4.68. The summed E-state index contributed by atoms with van der Waals surface area (Å²) in [7, 11) is 1.49. The first kappa shape index (κ1) is 14.1. The van der Waals surface area contributed by atoms with Gasteiger partial charge in [-0.05, 0) is 24.6 Å². The van der Waals surface area contributed by atoms with Crippen LogP contribution in [0.2, 0.25) is 5.02 Å². The summed E-state index contributed by atoms with van der Waals surface area (Å²) >= 11 is 6.00. The number of rotatable bonds is 3. The number of aromatic nitrogens is 1. The first-order valence-electron chi connectivity index (χ1n) is 5.80. The average Bonchev–Trinajstić information content (AvgIpc) is 2.42. The monoisotopic (exact) mass is 292 g/mol. The van der Waals surface area contributed by atoms with E-state index in [-0.39, 0.29) is 11.3 Å². The molecule has 6 heteroatoms. The first-order valence-corrected chi connectivity index (χ1v) is 6.18. The molecule has 2 aromatic rings. The molecule has 1 amide bonds. The lowest BCUT2D eigenvalue weighted by Gasteiger charge is -2.12. The van der Waals surface area contributed by atoms with Gasteiger partial charge in [-0.3, -0.25) is 9.78 Å². The van der Waals surface area contributed by atoms with Crippen LogP contribution < -0.4 is 10.1 Å². The summed E-state index contributed by atoms with van der Waals surface area (Å²) in [5, 5.41) is 12.6. The third kappa shape index (κ3) is 3.00. The highest BCUT2D eigenvalue weighted by atomic mass is 35.5. The normalized spacial score (nSPS) is 10.2. The van der Waals surface area contributed by atoms with E-state index in [1.807, 2.05) is 6.92 Å². The Balaban J connectivity index is 2.30. The third-order valence-electron chi connectivity index (χ3n) is 2.71. The van der Waals surface area contributed by atoms with E-state index >= 15 is 0 Å². The Kier molecular flexibility index (Phi) is 4.10. The molecule has 2 rings (SSSR count). The molecule has 20 heavy (non-hydrogen) atoms. The minimum absolute atomic E-state index is 0.0723. The van der Waals surface area contributed by atoms with E-state index in [2.05, 4.69) is 10.3 Å². The van der Waals surface area contributed by atoms with Crippen molar-refractivity contribution in [1.29, 1.82) is 0 Å². The smallest absolute Gasteiger partial charge is 0.257 e. The van der Waals surface area contributed by atoms with Gasteiger partial charge in [-0.15, -0.1) is 0 Å². The van der Waals surface area contributed by atoms with Gasteiger partial charge in [0.1, 0.15) is 11.5 Å². The van der Waals surface area contributed by atoms with E-state index < -0.39 is 5.91 Å². The molecule has 0 fully saturated rings. The molecule has 0 bridgehead atoms. The Morgan fingerprint density at radius 2 is 2.10 bits per heavy atom. The molecule has 0 aliphatic rings. The van der Waals surface area contributed by atoms with Crippen LogP contribution in [0.25, 0.3) is 0 Å². The molecule has 5 nitrogen and oxygen atoms in total. The van der Waals surface area contributed by atoms with Gasteiger partial charge in [0, 0.05) is 17.3 Å². The van der Waals surface area contributed by atoms with E-state index in [1.165, 1.54) is 25.6 Å². The number of hydrogen-bond donors (Lipinski definition) is 2. The Morgan fingerprint density at radius 3 is 2.75 bits per heavy atom. The zero-order chi connectivity index (χ0) is 14.7. The van der Waals surface area contributed by atoms with E-state index in [1.54, 1.807) is 12.1 Å². The second kappa shape index (κ2) is 5.79. The van der Waals surface area contributed by atoms with Crippen molar-refractivity contribution in [3.63, 3.8) is 0 Å². The molecule has 0 saturated carbocycles. The van der Waals surface area contributed by atoms with Gasteiger partial charge >= 0.3 is 0 Å². The van der Waals surface area contributed by atoms with Crippen LogP contribution >= 0.6 is 11.6 Å². The predicted molar refractivity (Wildman–Crippen MR) is 76.6 cm³/mol. The molecule has 0 aliphatic heterocycles. The molecule has 0 atom stereocenters. The fourth-order valence-corrected chi connectivity index (χ4v) is 1.83. The number of aryl methyl sites for hydroxylation is 1. The van der Waals surface area contributed by atoms with Gasteiger partial charge in [0.25, 0.3) is 5.91 Å². The van der Waals surface area contributed by atoms with E-state index in [0.717, 1.165) is 5.56 Å². The third-order valence-corrected chi connectivity index (χ3v) is 3.12. The van der Waals surface area contributed by atoms with Gasteiger partial charge in [-0.25, -0.2) is 0 Å². The Morgan fingerprint density at radius 1 is 1.35 bits per heavy atom. The number of nitrogens with one attached hydrogen (secondary N) is 1. The number of anilines is 1. The van der Waals surface area contributed by atoms with E-state index in [9.17, 15) is 9.90 Å². The van der Waals surface area contributed by atoms with E-state index in [0.29, 0.717) is 16.5 Å². The van der Waals surface area contributed by atoms with Crippen molar-refractivity contribution >= 4 is 23.2 Å². The van der Waals surface area contributed by atoms with Crippen LogP contribution in [0.4, 0.5) is 5.69 Å². The van der Waals surface area contributed by atoms with Crippen molar-refractivity contribution in [3.05, 3.63) is 46.7 Å². The number of carbonyl (C=O) groups is 1. The zero-order valence-corrected chi connectivity index (χ0v) is 11.7. The molecule has 0 unspecified atom stereocenters.